The van der Waals surface area contributed by atoms with Crippen LogP contribution in [0.4, 0.5) is 4.39 Å². The van der Waals surface area contributed by atoms with Gasteiger partial charge in [-0.15, -0.1) is 24.2 Å². The van der Waals surface area contributed by atoms with E-state index in [1.165, 1.54) is 24.2 Å². The van der Waals surface area contributed by atoms with Crippen LogP contribution in [0.25, 0.3) is 0 Å². The van der Waals surface area contributed by atoms with Crippen LogP contribution in [-0.2, 0) is 4.79 Å². The van der Waals surface area contributed by atoms with Gasteiger partial charge < -0.3 is 10.6 Å². The Hall–Kier alpha value is -1.27. The number of rotatable bonds is 7. The summed E-state index contributed by atoms with van der Waals surface area (Å²) < 4.78 is 13.4. The molecule has 2 unspecified atom stereocenters. The molecule has 1 amide bonds. The number of hydrogen-bond donors (Lipinski definition) is 2. The standard InChI is InChI=1S/C20H22ClFN2OS.ClH/c21-17-12-16(6-7-18(17)22)26-19(15-4-2-1-3-5-15)20(25)24-11-9-14-8-10-23-13-14;/h1-7,12,14,19,23H,8-11,13H2,(H,24,25);1H. The number of halogens is 3. The van der Waals surface area contributed by atoms with Crippen LogP contribution in [0, 0.1) is 11.7 Å². The zero-order valence-corrected chi connectivity index (χ0v) is 17.2. The van der Waals surface area contributed by atoms with Gasteiger partial charge in [-0.2, -0.15) is 0 Å². The molecular formula is C20H23Cl2FN2OS. The minimum absolute atomic E-state index is 0. The van der Waals surface area contributed by atoms with E-state index in [9.17, 15) is 9.18 Å². The first-order valence-corrected chi connectivity index (χ1v) is 10.0. The van der Waals surface area contributed by atoms with Gasteiger partial charge in [-0.3, -0.25) is 4.79 Å². The number of hydrogen-bond acceptors (Lipinski definition) is 3. The van der Waals surface area contributed by atoms with Gasteiger partial charge in [-0.25, -0.2) is 4.39 Å². The molecule has 3 nitrogen and oxygen atoms in total. The molecule has 1 aliphatic rings. The number of amides is 1. The lowest BCUT2D eigenvalue weighted by Gasteiger charge is -2.18. The average Bonchev–Trinajstić information content (AvgIpc) is 3.16. The highest BCUT2D eigenvalue weighted by atomic mass is 35.5. The Morgan fingerprint density at radius 2 is 2.07 bits per heavy atom. The third kappa shape index (κ3) is 6.39. The average molecular weight is 429 g/mol. The van der Waals surface area contributed by atoms with Crippen molar-refractivity contribution in [1.29, 1.82) is 0 Å². The lowest BCUT2D eigenvalue weighted by molar-refractivity contribution is -0.120. The summed E-state index contributed by atoms with van der Waals surface area (Å²) in [7, 11) is 0. The Kier molecular flexibility index (Phi) is 8.90. The Balaban J connectivity index is 0.00000261. The molecule has 2 aromatic carbocycles. The van der Waals surface area contributed by atoms with Crippen molar-refractivity contribution in [2.75, 3.05) is 19.6 Å². The number of nitrogens with one attached hydrogen (secondary N) is 2. The molecule has 27 heavy (non-hydrogen) atoms. The maximum atomic E-state index is 13.4. The number of carbonyl (C=O) groups excluding carboxylic acids is 1. The number of benzene rings is 2. The maximum Gasteiger partial charge on any atom is 0.237 e. The first-order chi connectivity index (χ1) is 12.6. The fourth-order valence-corrected chi connectivity index (χ4v) is 4.37. The number of thioether (sulfide) groups is 1. The van der Waals surface area contributed by atoms with Gasteiger partial charge in [0, 0.05) is 11.4 Å². The zero-order chi connectivity index (χ0) is 18.4. The lowest BCUT2D eigenvalue weighted by atomic mass is 10.1. The Bertz CT molecular complexity index is 742. The minimum atomic E-state index is -0.457. The molecule has 146 valence electrons. The highest BCUT2D eigenvalue weighted by Crippen LogP contribution is 2.36. The van der Waals surface area contributed by atoms with Crippen LogP contribution >= 0.6 is 35.8 Å². The van der Waals surface area contributed by atoms with Crippen LogP contribution in [0.1, 0.15) is 23.7 Å². The SMILES string of the molecule is Cl.O=C(NCCC1CCNC1)C(Sc1ccc(F)c(Cl)c1)c1ccccc1. The molecule has 7 heteroatoms. The summed E-state index contributed by atoms with van der Waals surface area (Å²) in [5.74, 6) is 0.142. The van der Waals surface area contributed by atoms with E-state index in [0.29, 0.717) is 12.5 Å². The van der Waals surface area contributed by atoms with Crippen molar-refractivity contribution in [1.82, 2.24) is 10.6 Å². The zero-order valence-electron chi connectivity index (χ0n) is 14.8. The Morgan fingerprint density at radius 1 is 1.30 bits per heavy atom. The predicted molar refractivity (Wildman–Crippen MR) is 112 cm³/mol. The molecule has 0 aromatic heterocycles. The monoisotopic (exact) mass is 428 g/mol. The maximum absolute atomic E-state index is 13.4. The smallest absolute Gasteiger partial charge is 0.237 e. The van der Waals surface area contributed by atoms with Gasteiger partial charge in [-0.1, -0.05) is 41.9 Å². The molecule has 0 aliphatic carbocycles. The summed E-state index contributed by atoms with van der Waals surface area (Å²) in [5, 5.41) is 6.06. The van der Waals surface area contributed by atoms with Crippen molar-refractivity contribution in [2.45, 2.75) is 23.0 Å². The summed E-state index contributed by atoms with van der Waals surface area (Å²) in [5.41, 5.74) is 0.915. The van der Waals surface area contributed by atoms with E-state index in [-0.39, 0.29) is 23.3 Å². The van der Waals surface area contributed by atoms with E-state index < -0.39 is 11.1 Å². The van der Waals surface area contributed by atoms with Gasteiger partial charge in [0.2, 0.25) is 5.91 Å². The van der Waals surface area contributed by atoms with Crippen LogP contribution in [0.3, 0.4) is 0 Å². The van der Waals surface area contributed by atoms with Crippen molar-refractivity contribution in [3.8, 4) is 0 Å². The van der Waals surface area contributed by atoms with Crippen LogP contribution < -0.4 is 10.6 Å². The summed E-state index contributed by atoms with van der Waals surface area (Å²) in [6, 6.07) is 14.2. The largest absolute Gasteiger partial charge is 0.355 e. The quantitative estimate of drug-likeness (QED) is 0.619. The van der Waals surface area contributed by atoms with E-state index in [1.807, 2.05) is 30.3 Å². The van der Waals surface area contributed by atoms with Gasteiger partial charge >= 0.3 is 0 Å². The molecule has 2 atom stereocenters. The second-order valence-electron chi connectivity index (χ2n) is 6.42. The van der Waals surface area contributed by atoms with Crippen molar-refractivity contribution in [3.63, 3.8) is 0 Å². The van der Waals surface area contributed by atoms with Crippen molar-refractivity contribution >= 4 is 41.7 Å². The lowest BCUT2D eigenvalue weighted by Crippen LogP contribution is -2.30. The van der Waals surface area contributed by atoms with Crippen molar-refractivity contribution in [3.05, 3.63) is 64.9 Å². The second kappa shape index (κ2) is 10.9. The van der Waals surface area contributed by atoms with E-state index in [0.717, 1.165) is 30.0 Å². The van der Waals surface area contributed by atoms with E-state index in [1.54, 1.807) is 12.1 Å². The normalized spacial score (nSPS) is 17.2. The van der Waals surface area contributed by atoms with Gasteiger partial charge in [-0.05, 0) is 55.6 Å². The molecule has 2 N–H and O–H groups in total. The van der Waals surface area contributed by atoms with Gasteiger partial charge in [0.15, 0.2) is 0 Å². The molecule has 1 saturated heterocycles. The van der Waals surface area contributed by atoms with Crippen LogP contribution in [0.2, 0.25) is 5.02 Å². The molecule has 1 heterocycles. The molecule has 0 spiro atoms. The summed E-state index contributed by atoms with van der Waals surface area (Å²) in [4.78, 5) is 13.6. The topological polar surface area (TPSA) is 41.1 Å². The second-order valence-corrected chi connectivity index (χ2v) is 8.01. The van der Waals surface area contributed by atoms with Crippen molar-refractivity contribution in [2.24, 2.45) is 5.92 Å². The van der Waals surface area contributed by atoms with Gasteiger partial charge in [0.05, 0.1) is 5.02 Å². The molecule has 2 aromatic rings. The van der Waals surface area contributed by atoms with E-state index in [2.05, 4.69) is 10.6 Å². The number of carbonyl (C=O) groups is 1. The third-order valence-corrected chi connectivity index (χ3v) is 6.04. The third-order valence-electron chi connectivity index (χ3n) is 4.50. The molecule has 3 rings (SSSR count). The first-order valence-electron chi connectivity index (χ1n) is 8.78. The van der Waals surface area contributed by atoms with Crippen molar-refractivity contribution < 1.29 is 9.18 Å². The predicted octanol–water partition coefficient (Wildman–Crippen LogP) is 4.85. The molecular weight excluding hydrogens is 406 g/mol. The van der Waals surface area contributed by atoms with Crippen LogP contribution in [0.15, 0.2) is 53.4 Å². The summed E-state index contributed by atoms with van der Waals surface area (Å²) >= 11 is 7.26. The minimum Gasteiger partial charge on any atom is -0.355 e. The molecule has 0 saturated carbocycles. The molecule has 1 aliphatic heterocycles. The van der Waals surface area contributed by atoms with Gasteiger partial charge in [0.25, 0.3) is 0 Å². The van der Waals surface area contributed by atoms with Gasteiger partial charge in [0.1, 0.15) is 11.1 Å². The van der Waals surface area contributed by atoms with E-state index >= 15 is 0 Å². The van der Waals surface area contributed by atoms with Crippen LogP contribution in [0.5, 0.6) is 0 Å². The van der Waals surface area contributed by atoms with E-state index in [4.69, 9.17) is 11.6 Å². The molecule has 0 radical (unpaired) electrons. The summed E-state index contributed by atoms with van der Waals surface area (Å²) in [6.07, 6.45) is 2.15. The highest BCUT2D eigenvalue weighted by molar-refractivity contribution is 8.00. The Morgan fingerprint density at radius 3 is 2.74 bits per heavy atom. The molecule has 0 bridgehead atoms. The summed E-state index contributed by atoms with van der Waals surface area (Å²) in [6.45, 7) is 2.76. The molecule has 1 fully saturated rings. The Labute approximate surface area is 174 Å². The van der Waals surface area contributed by atoms with Crippen LogP contribution in [-0.4, -0.2) is 25.5 Å². The fraction of sp³-hybridized carbons (Fsp3) is 0.350. The first kappa shape index (κ1) is 22.0. The fourth-order valence-electron chi connectivity index (χ4n) is 3.04. The highest BCUT2D eigenvalue weighted by Gasteiger charge is 2.23.